The Morgan fingerprint density at radius 2 is 2.17 bits per heavy atom. The molecule has 62 valence electrons. The minimum atomic E-state index is 0.113. The van der Waals surface area contributed by atoms with Crippen LogP contribution in [0.1, 0.15) is 0 Å². The van der Waals surface area contributed by atoms with Gasteiger partial charge in [0.15, 0.2) is 18.1 Å². The number of nitrogens with zero attached hydrogens (tertiary/aromatic N) is 1. The highest BCUT2D eigenvalue weighted by Crippen LogP contribution is 2.23. The number of hydrogen-bond acceptors (Lipinski definition) is 2. The van der Waals surface area contributed by atoms with Crippen molar-refractivity contribution in [1.82, 2.24) is 0 Å². The number of ether oxygens (including phenoxy) is 1. The fourth-order valence-electron chi connectivity index (χ4n) is 0.780. The first kappa shape index (κ1) is 8.41. The Balaban J connectivity index is 2.53. The molecule has 1 rings (SSSR count). The summed E-state index contributed by atoms with van der Waals surface area (Å²) in [7, 11) is 0. The highest BCUT2D eigenvalue weighted by Gasteiger charge is 1.99. The highest BCUT2D eigenvalue weighted by atomic mass is 16.5. The summed E-state index contributed by atoms with van der Waals surface area (Å²) in [5, 5.41) is 9.21. The number of rotatable bonds is 3. The molecule has 0 aliphatic carbocycles. The average Bonchev–Trinajstić information content (AvgIpc) is 2.09. The lowest BCUT2D eigenvalue weighted by molar-refractivity contribution is 0.315. The van der Waals surface area contributed by atoms with Gasteiger partial charge < -0.3 is 14.7 Å². The molecule has 12 heavy (non-hydrogen) atoms. The molecule has 0 saturated heterocycles. The minimum absolute atomic E-state index is 0.113. The Hall–Kier alpha value is -1.69. The molecular formula is C9H9NO2. The molecule has 0 bridgehead atoms. The maximum Gasteiger partial charge on any atom is 0.248 e. The van der Waals surface area contributed by atoms with Crippen LogP contribution < -0.4 is 4.74 Å². The van der Waals surface area contributed by atoms with Crippen molar-refractivity contribution in [2.24, 2.45) is 0 Å². The van der Waals surface area contributed by atoms with Crippen LogP contribution >= 0.6 is 0 Å². The Morgan fingerprint density at radius 3 is 2.83 bits per heavy atom. The van der Waals surface area contributed by atoms with Gasteiger partial charge >= 0.3 is 0 Å². The molecule has 1 N–H and O–H groups in total. The standard InChI is InChI=1S/C9H9NO2/c1-10-6-7-12-9-5-3-2-4-8(9)11/h2-5,11H,6-7H2. The number of para-hydroxylation sites is 2. The van der Waals surface area contributed by atoms with Crippen molar-refractivity contribution in [2.75, 3.05) is 13.2 Å². The second kappa shape index (κ2) is 4.24. The fourth-order valence-corrected chi connectivity index (χ4v) is 0.780. The van der Waals surface area contributed by atoms with Crippen LogP contribution in [0.5, 0.6) is 11.5 Å². The van der Waals surface area contributed by atoms with Crippen molar-refractivity contribution in [3.05, 3.63) is 35.7 Å². The average molecular weight is 163 g/mol. The normalized spacial score (nSPS) is 8.92. The highest BCUT2D eigenvalue weighted by molar-refractivity contribution is 5.37. The number of benzene rings is 1. The van der Waals surface area contributed by atoms with Crippen LogP contribution in [0, 0.1) is 6.57 Å². The zero-order valence-electron chi connectivity index (χ0n) is 6.53. The second-order valence-corrected chi connectivity index (χ2v) is 2.20. The van der Waals surface area contributed by atoms with Crippen LogP contribution in [0.3, 0.4) is 0 Å². The SMILES string of the molecule is [C-]#[N+]CCOc1ccccc1O. The molecule has 0 radical (unpaired) electrons. The van der Waals surface area contributed by atoms with Crippen LogP contribution in [0.2, 0.25) is 0 Å². The van der Waals surface area contributed by atoms with Crippen LogP contribution in [0.15, 0.2) is 24.3 Å². The lowest BCUT2D eigenvalue weighted by atomic mass is 10.3. The molecule has 1 aromatic rings. The van der Waals surface area contributed by atoms with Gasteiger partial charge in [0.2, 0.25) is 6.54 Å². The van der Waals surface area contributed by atoms with E-state index in [1.165, 1.54) is 0 Å². The predicted molar refractivity (Wildman–Crippen MR) is 45.1 cm³/mol. The first-order valence-corrected chi connectivity index (χ1v) is 3.58. The van der Waals surface area contributed by atoms with Crippen molar-refractivity contribution >= 4 is 0 Å². The summed E-state index contributed by atoms with van der Waals surface area (Å²) in [6.07, 6.45) is 0. The fraction of sp³-hybridized carbons (Fsp3) is 0.222. The van der Waals surface area contributed by atoms with Gasteiger partial charge in [-0.3, -0.25) is 0 Å². The molecule has 0 aliphatic rings. The van der Waals surface area contributed by atoms with E-state index in [9.17, 15) is 5.11 Å². The van der Waals surface area contributed by atoms with E-state index >= 15 is 0 Å². The van der Waals surface area contributed by atoms with E-state index in [4.69, 9.17) is 11.3 Å². The summed E-state index contributed by atoms with van der Waals surface area (Å²) < 4.78 is 5.11. The van der Waals surface area contributed by atoms with E-state index < -0.39 is 0 Å². The zero-order chi connectivity index (χ0) is 8.81. The molecule has 0 unspecified atom stereocenters. The summed E-state index contributed by atoms with van der Waals surface area (Å²) in [6.45, 7) is 7.14. The van der Waals surface area contributed by atoms with Crippen LogP contribution in [0.4, 0.5) is 0 Å². The lowest BCUT2D eigenvalue weighted by Crippen LogP contribution is -1.99. The minimum Gasteiger partial charge on any atom is -0.504 e. The Bertz CT molecular complexity index is 291. The van der Waals surface area contributed by atoms with Gasteiger partial charge in [-0.05, 0) is 12.1 Å². The maximum absolute atomic E-state index is 9.21. The lowest BCUT2D eigenvalue weighted by Gasteiger charge is -2.03. The first-order chi connectivity index (χ1) is 5.84. The molecule has 0 fully saturated rings. The van der Waals surface area contributed by atoms with Crippen LogP contribution in [-0.4, -0.2) is 18.3 Å². The van der Waals surface area contributed by atoms with E-state index in [-0.39, 0.29) is 5.75 Å². The number of phenolic OH excluding ortho intramolecular Hbond substituents is 1. The molecule has 3 nitrogen and oxygen atoms in total. The van der Waals surface area contributed by atoms with Gasteiger partial charge in [0.1, 0.15) is 0 Å². The molecular weight excluding hydrogens is 154 g/mol. The zero-order valence-corrected chi connectivity index (χ0v) is 6.53. The van der Waals surface area contributed by atoms with Gasteiger partial charge in [0.05, 0.1) is 0 Å². The van der Waals surface area contributed by atoms with Crippen LogP contribution in [0.25, 0.3) is 4.85 Å². The van der Waals surface area contributed by atoms with Crippen molar-refractivity contribution in [3.63, 3.8) is 0 Å². The van der Waals surface area contributed by atoms with E-state index in [1.807, 2.05) is 0 Å². The number of phenols is 1. The van der Waals surface area contributed by atoms with Gasteiger partial charge in [-0.1, -0.05) is 12.1 Å². The third-order valence-electron chi connectivity index (χ3n) is 1.33. The smallest absolute Gasteiger partial charge is 0.248 e. The molecule has 1 aromatic carbocycles. The summed E-state index contributed by atoms with van der Waals surface area (Å²) in [4.78, 5) is 3.12. The second-order valence-electron chi connectivity index (χ2n) is 2.20. The van der Waals surface area contributed by atoms with Crippen molar-refractivity contribution in [1.29, 1.82) is 0 Å². The molecule has 0 spiro atoms. The summed E-state index contributed by atoms with van der Waals surface area (Å²) in [5.41, 5.74) is 0. The summed E-state index contributed by atoms with van der Waals surface area (Å²) in [6, 6.07) is 6.70. The quantitative estimate of drug-likeness (QED) is 0.543. The van der Waals surface area contributed by atoms with Crippen LogP contribution in [-0.2, 0) is 0 Å². The van der Waals surface area contributed by atoms with E-state index in [0.29, 0.717) is 18.9 Å². The molecule has 0 aliphatic heterocycles. The largest absolute Gasteiger partial charge is 0.504 e. The van der Waals surface area contributed by atoms with Gasteiger partial charge in [-0.15, -0.1) is 0 Å². The molecule has 0 aromatic heterocycles. The summed E-state index contributed by atoms with van der Waals surface area (Å²) in [5.74, 6) is 0.545. The molecule has 0 atom stereocenters. The monoisotopic (exact) mass is 163 g/mol. The number of aromatic hydroxyl groups is 1. The van der Waals surface area contributed by atoms with Gasteiger partial charge in [0.25, 0.3) is 0 Å². The van der Waals surface area contributed by atoms with Crippen molar-refractivity contribution < 1.29 is 9.84 Å². The van der Waals surface area contributed by atoms with Crippen molar-refractivity contribution in [3.8, 4) is 11.5 Å². The third kappa shape index (κ3) is 2.17. The van der Waals surface area contributed by atoms with E-state index in [1.54, 1.807) is 24.3 Å². The first-order valence-electron chi connectivity index (χ1n) is 3.58. The number of hydrogen-bond donors (Lipinski definition) is 1. The predicted octanol–water partition coefficient (Wildman–Crippen LogP) is 1.69. The molecule has 0 saturated carbocycles. The third-order valence-corrected chi connectivity index (χ3v) is 1.33. The van der Waals surface area contributed by atoms with E-state index in [0.717, 1.165) is 0 Å². The summed E-state index contributed by atoms with van der Waals surface area (Å²) >= 11 is 0. The Morgan fingerprint density at radius 1 is 1.42 bits per heavy atom. The topological polar surface area (TPSA) is 33.8 Å². The Kier molecular flexibility index (Phi) is 2.97. The molecule has 3 heteroatoms. The van der Waals surface area contributed by atoms with E-state index in [2.05, 4.69) is 4.85 Å². The molecule has 0 amide bonds. The maximum atomic E-state index is 9.21. The van der Waals surface area contributed by atoms with Gasteiger partial charge in [-0.25, -0.2) is 6.57 Å². The van der Waals surface area contributed by atoms with Gasteiger partial charge in [-0.2, -0.15) is 0 Å². The van der Waals surface area contributed by atoms with Gasteiger partial charge in [0, 0.05) is 0 Å². The van der Waals surface area contributed by atoms with Crippen molar-refractivity contribution in [2.45, 2.75) is 0 Å². The molecule has 0 heterocycles. The Labute approximate surface area is 71.0 Å².